The molecule has 1 heterocycles. The fourth-order valence-electron chi connectivity index (χ4n) is 4.62. The van der Waals surface area contributed by atoms with Gasteiger partial charge in [0.1, 0.15) is 6.54 Å². The molecule has 0 aromatic heterocycles. The van der Waals surface area contributed by atoms with E-state index >= 15 is 0 Å². The minimum Gasteiger partial charge on any atom is -0.355 e. The van der Waals surface area contributed by atoms with Crippen molar-refractivity contribution in [2.75, 3.05) is 47.5 Å². The van der Waals surface area contributed by atoms with Crippen LogP contribution in [-0.4, -0.2) is 52.8 Å². The van der Waals surface area contributed by atoms with Crippen molar-refractivity contribution in [2.45, 2.75) is 20.8 Å². The first-order valence-corrected chi connectivity index (χ1v) is 17.2. The van der Waals surface area contributed by atoms with Gasteiger partial charge in [0, 0.05) is 23.5 Å². The number of amides is 2. The number of carbonyl (C=O) groups excluding carboxylic acids is 2. The molecule has 0 saturated carbocycles. The van der Waals surface area contributed by atoms with E-state index in [4.69, 9.17) is 9.05 Å². The Hall–Kier alpha value is -3.96. The van der Waals surface area contributed by atoms with Crippen LogP contribution >= 0.6 is 7.60 Å². The molecule has 43 heavy (non-hydrogen) atoms. The lowest BCUT2D eigenvalue weighted by Crippen LogP contribution is -2.40. The van der Waals surface area contributed by atoms with Crippen molar-refractivity contribution in [1.82, 2.24) is 5.32 Å². The zero-order chi connectivity index (χ0) is 31.2. The Balaban J connectivity index is 1.78. The van der Waals surface area contributed by atoms with E-state index in [0.717, 1.165) is 10.6 Å². The number of nitrogens with one attached hydrogen (secondary N) is 3. The Morgan fingerprint density at radius 2 is 1.60 bits per heavy atom. The van der Waals surface area contributed by atoms with Gasteiger partial charge in [-0.05, 0) is 68.8 Å². The third-order valence-corrected chi connectivity index (χ3v) is 9.71. The zero-order valence-corrected chi connectivity index (χ0v) is 26.1. The van der Waals surface area contributed by atoms with Crippen LogP contribution in [0, 0.1) is 0 Å². The van der Waals surface area contributed by atoms with Crippen LogP contribution in [0.3, 0.4) is 0 Å². The first-order chi connectivity index (χ1) is 20.5. The molecule has 0 unspecified atom stereocenters. The standard InChI is InChI=1S/C30H35N4O7PS/c1-5-31-27(35)20-34(43(4,38)39)23-15-13-22(14-16-23)32-29(21-11-9-8-10-12-21)28-25-19-24(17-18-26(25)33-30(28)36)42(37,40-6-2)41-7-3/h8-19,32H,5-7,20H2,1-4H3,(H,31,35)(H,33,36). The lowest BCUT2D eigenvalue weighted by Gasteiger charge is -2.22. The number of hydrogen-bond acceptors (Lipinski definition) is 8. The Bertz CT molecular complexity index is 1670. The summed E-state index contributed by atoms with van der Waals surface area (Å²) < 4.78 is 50.6. The second kappa shape index (κ2) is 13.6. The van der Waals surface area contributed by atoms with E-state index in [1.807, 2.05) is 30.3 Å². The number of fused-ring (bicyclic) bond motifs is 1. The minimum atomic E-state index is -3.74. The molecule has 4 rings (SSSR count). The van der Waals surface area contributed by atoms with Gasteiger partial charge in [0.2, 0.25) is 15.9 Å². The van der Waals surface area contributed by atoms with Gasteiger partial charge in [-0.3, -0.25) is 18.5 Å². The number of anilines is 3. The average molecular weight is 627 g/mol. The van der Waals surface area contributed by atoms with Crippen LogP contribution in [0.25, 0.3) is 11.3 Å². The van der Waals surface area contributed by atoms with E-state index in [0.29, 0.717) is 51.3 Å². The van der Waals surface area contributed by atoms with Crippen LogP contribution in [0.15, 0.2) is 72.8 Å². The second-order valence-corrected chi connectivity index (χ2v) is 13.5. The van der Waals surface area contributed by atoms with Gasteiger partial charge in [-0.25, -0.2) is 8.42 Å². The van der Waals surface area contributed by atoms with E-state index in [-0.39, 0.29) is 25.7 Å². The topological polar surface area (TPSA) is 143 Å². The molecule has 0 spiro atoms. The molecule has 0 saturated heterocycles. The Kier molecular flexibility index (Phi) is 10.1. The highest BCUT2D eigenvalue weighted by molar-refractivity contribution is 7.92. The highest BCUT2D eigenvalue weighted by Crippen LogP contribution is 2.48. The highest BCUT2D eigenvalue weighted by atomic mass is 32.2. The van der Waals surface area contributed by atoms with Crippen molar-refractivity contribution in [2.24, 2.45) is 0 Å². The molecule has 3 aromatic rings. The Morgan fingerprint density at radius 1 is 0.953 bits per heavy atom. The van der Waals surface area contributed by atoms with Crippen molar-refractivity contribution < 1.29 is 31.6 Å². The SMILES string of the molecule is CCNC(=O)CN(c1ccc(NC(=C2C(=O)Nc3ccc(P(=O)(OCC)OCC)cc32)c2ccccc2)cc1)S(C)(=O)=O. The van der Waals surface area contributed by atoms with Gasteiger partial charge in [0.15, 0.2) is 0 Å². The molecule has 3 aromatic carbocycles. The molecule has 228 valence electrons. The maximum absolute atomic E-state index is 13.5. The summed E-state index contributed by atoms with van der Waals surface area (Å²) in [6.45, 7) is 5.60. The van der Waals surface area contributed by atoms with E-state index in [1.54, 1.807) is 63.2 Å². The van der Waals surface area contributed by atoms with Crippen molar-refractivity contribution in [3.05, 3.63) is 83.9 Å². The van der Waals surface area contributed by atoms with E-state index < -0.39 is 23.5 Å². The van der Waals surface area contributed by atoms with Crippen LogP contribution in [0.5, 0.6) is 0 Å². The Morgan fingerprint density at radius 3 is 2.19 bits per heavy atom. The molecule has 3 N–H and O–H groups in total. The van der Waals surface area contributed by atoms with Gasteiger partial charge in [0.05, 0.1) is 41.7 Å². The van der Waals surface area contributed by atoms with Gasteiger partial charge in [-0.1, -0.05) is 30.3 Å². The zero-order valence-electron chi connectivity index (χ0n) is 24.4. The molecule has 1 aliphatic heterocycles. The quantitative estimate of drug-likeness (QED) is 0.187. The van der Waals surface area contributed by atoms with Crippen molar-refractivity contribution in [3.8, 4) is 0 Å². The van der Waals surface area contributed by atoms with Crippen molar-refractivity contribution in [1.29, 1.82) is 0 Å². The monoisotopic (exact) mass is 626 g/mol. The normalized spacial score (nSPS) is 14.1. The largest absolute Gasteiger partial charge is 0.361 e. The lowest BCUT2D eigenvalue weighted by atomic mass is 10.00. The maximum atomic E-state index is 13.5. The fraction of sp³-hybridized carbons (Fsp3) is 0.267. The van der Waals surface area contributed by atoms with Gasteiger partial charge in [-0.2, -0.15) is 0 Å². The lowest BCUT2D eigenvalue weighted by molar-refractivity contribution is -0.119. The van der Waals surface area contributed by atoms with Gasteiger partial charge >= 0.3 is 7.60 Å². The summed E-state index contributed by atoms with van der Waals surface area (Å²) in [4.78, 5) is 25.6. The predicted molar refractivity (Wildman–Crippen MR) is 170 cm³/mol. The summed E-state index contributed by atoms with van der Waals surface area (Å²) in [6, 6.07) is 20.7. The first kappa shape index (κ1) is 32.0. The minimum absolute atomic E-state index is 0.182. The first-order valence-electron chi connectivity index (χ1n) is 13.8. The molecular weight excluding hydrogens is 591 g/mol. The maximum Gasteiger partial charge on any atom is 0.361 e. The molecule has 0 aliphatic carbocycles. The number of sulfonamides is 1. The number of hydrogen-bond donors (Lipinski definition) is 3. The molecule has 0 radical (unpaired) electrons. The van der Waals surface area contributed by atoms with Gasteiger partial charge < -0.3 is 25.0 Å². The van der Waals surface area contributed by atoms with E-state index in [2.05, 4.69) is 16.0 Å². The summed E-state index contributed by atoms with van der Waals surface area (Å²) >= 11 is 0. The third-order valence-electron chi connectivity index (χ3n) is 6.46. The van der Waals surface area contributed by atoms with Crippen molar-refractivity contribution >= 4 is 63.1 Å². The van der Waals surface area contributed by atoms with E-state index in [1.165, 1.54) is 0 Å². The fourth-order valence-corrected chi connectivity index (χ4v) is 7.08. The highest BCUT2D eigenvalue weighted by Gasteiger charge is 2.33. The number of rotatable bonds is 13. The smallest absolute Gasteiger partial charge is 0.355 e. The van der Waals surface area contributed by atoms with Gasteiger partial charge in [0.25, 0.3) is 5.91 Å². The summed E-state index contributed by atoms with van der Waals surface area (Å²) in [5.74, 6) is -0.780. The van der Waals surface area contributed by atoms with Crippen LogP contribution in [0.4, 0.5) is 17.1 Å². The molecule has 0 atom stereocenters. The molecule has 11 nitrogen and oxygen atoms in total. The van der Waals surface area contributed by atoms with E-state index in [9.17, 15) is 22.6 Å². The molecule has 2 amide bonds. The molecule has 13 heteroatoms. The molecule has 0 bridgehead atoms. The Labute approximate surface area is 251 Å². The predicted octanol–water partition coefficient (Wildman–Crippen LogP) is 4.41. The van der Waals surface area contributed by atoms with Crippen LogP contribution in [0.1, 0.15) is 31.9 Å². The summed E-state index contributed by atoms with van der Waals surface area (Å²) in [6.07, 6.45) is 1.04. The molecule has 0 fully saturated rings. The summed E-state index contributed by atoms with van der Waals surface area (Å²) in [5, 5.41) is 9.14. The summed E-state index contributed by atoms with van der Waals surface area (Å²) in [7, 11) is -7.37. The number of benzene rings is 3. The molecule has 1 aliphatic rings. The van der Waals surface area contributed by atoms with Crippen LogP contribution < -0.4 is 25.6 Å². The number of likely N-dealkylation sites (N-methyl/N-ethyl adjacent to an activating group) is 1. The summed E-state index contributed by atoms with van der Waals surface area (Å²) in [5.41, 5.74) is 3.45. The van der Waals surface area contributed by atoms with Gasteiger partial charge in [-0.15, -0.1) is 0 Å². The number of carbonyl (C=O) groups is 2. The molecular formula is C30H35N4O7PS. The number of nitrogens with zero attached hydrogens (tertiary/aromatic N) is 1. The van der Waals surface area contributed by atoms with Crippen LogP contribution in [0.2, 0.25) is 0 Å². The second-order valence-electron chi connectivity index (χ2n) is 9.53. The van der Waals surface area contributed by atoms with Crippen LogP contribution in [-0.2, 0) is 33.2 Å². The average Bonchev–Trinajstić information content (AvgIpc) is 3.30. The third kappa shape index (κ3) is 7.34. The van der Waals surface area contributed by atoms with Crippen molar-refractivity contribution in [3.63, 3.8) is 0 Å².